The molecule has 0 spiro atoms. The fourth-order valence-corrected chi connectivity index (χ4v) is 3.40. The molecule has 0 bridgehead atoms. The molecular formula is C17H33NO. The highest BCUT2D eigenvalue weighted by Gasteiger charge is 2.34. The van der Waals surface area contributed by atoms with Crippen molar-refractivity contribution in [3.8, 4) is 0 Å². The van der Waals surface area contributed by atoms with Gasteiger partial charge in [-0.1, -0.05) is 41.0 Å². The Morgan fingerprint density at radius 2 is 1.68 bits per heavy atom. The largest absolute Gasteiger partial charge is 0.300 e. The second-order valence-corrected chi connectivity index (χ2v) is 7.17. The van der Waals surface area contributed by atoms with E-state index < -0.39 is 0 Å². The number of Topliss-reactive ketones (excluding diaryl/α,β-unsaturated/α-hetero) is 1. The molecule has 2 atom stereocenters. The van der Waals surface area contributed by atoms with E-state index in [1.807, 2.05) is 0 Å². The SMILES string of the molecule is CCCN(CCC)C1CCCC(C(=O)C(C)(C)C)C1. The molecule has 1 rings (SSSR count). The summed E-state index contributed by atoms with van der Waals surface area (Å²) in [6.45, 7) is 13.1. The van der Waals surface area contributed by atoms with Crippen LogP contribution in [0.2, 0.25) is 0 Å². The van der Waals surface area contributed by atoms with Gasteiger partial charge >= 0.3 is 0 Å². The average molecular weight is 267 g/mol. The van der Waals surface area contributed by atoms with Crippen LogP contribution in [-0.4, -0.2) is 29.8 Å². The Balaban J connectivity index is 2.64. The zero-order valence-electron chi connectivity index (χ0n) is 13.7. The number of nitrogens with zero attached hydrogens (tertiary/aromatic N) is 1. The summed E-state index contributed by atoms with van der Waals surface area (Å²) in [7, 11) is 0. The van der Waals surface area contributed by atoms with Crippen molar-refractivity contribution in [1.29, 1.82) is 0 Å². The predicted octanol–water partition coefficient (Wildman–Crippen LogP) is 4.28. The highest BCUT2D eigenvalue weighted by Crippen LogP contribution is 2.33. The Labute approximate surface area is 119 Å². The fraction of sp³-hybridized carbons (Fsp3) is 0.941. The van der Waals surface area contributed by atoms with E-state index in [1.54, 1.807) is 0 Å². The molecule has 0 aromatic carbocycles. The third-order valence-electron chi connectivity index (χ3n) is 4.29. The molecule has 0 N–H and O–H groups in total. The summed E-state index contributed by atoms with van der Waals surface area (Å²) in [6.07, 6.45) is 7.15. The first-order valence-electron chi connectivity index (χ1n) is 8.18. The number of rotatable bonds is 6. The van der Waals surface area contributed by atoms with E-state index in [1.165, 1.54) is 38.8 Å². The minimum Gasteiger partial charge on any atom is -0.300 e. The van der Waals surface area contributed by atoms with Crippen molar-refractivity contribution in [3.05, 3.63) is 0 Å². The van der Waals surface area contributed by atoms with Crippen molar-refractivity contribution in [1.82, 2.24) is 4.90 Å². The maximum atomic E-state index is 12.5. The molecule has 0 radical (unpaired) electrons. The molecule has 1 aliphatic rings. The van der Waals surface area contributed by atoms with Crippen LogP contribution in [0.3, 0.4) is 0 Å². The van der Waals surface area contributed by atoms with Crippen molar-refractivity contribution in [2.45, 2.75) is 79.2 Å². The Morgan fingerprint density at radius 3 is 2.16 bits per heavy atom. The van der Waals surface area contributed by atoms with Gasteiger partial charge in [0, 0.05) is 17.4 Å². The molecule has 0 saturated heterocycles. The molecule has 112 valence electrons. The summed E-state index contributed by atoms with van der Waals surface area (Å²) in [5.41, 5.74) is -0.174. The molecule has 1 aliphatic carbocycles. The molecule has 2 unspecified atom stereocenters. The van der Waals surface area contributed by atoms with Crippen LogP contribution in [0.4, 0.5) is 0 Å². The number of carbonyl (C=O) groups excluding carboxylic acids is 1. The van der Waals surface area contributed by atoms with E-state index in [9.17, 15) is 4.79 Å². The van der Waals surface area contributed by atoms with Crippen LogP contribution in [0.5, 0.6) is 0 Å². The first kappa shape index (κ1) is 16.7. The maximum Gasteiger partial charge on any atom is 0.141 e. The molecule has 0 aromatic heterocycles. The first-order chi connectivity index (χ1) is 8.90. The Bertz CT molecular complexity index is 273. The molecular weight excluding hydrogens is 234 g/mol. The normalized spacial score (nSPS) is 24.7. The summed E-state index contributed by atoms with van der Waals surface area (Å²) >= 11 is 0. The lowest BCUT2D eigenvalue weighted by Crippen LogP contribution is -2.42. The minimum absolute atomic E-state index is 0.174. The highest BCUT2D eigenvalue weighted by molar-refractivity contribution is 5.86. The van der Waals surface area contributed by atoms with Crippen LogP contribution in [0, 0.1) is 11.3 Å². The lowest BCUT2D eigenvalue weighted by molar-refractivity contribution is -0.132. The van der Waals surface area contributed by atoms with Crippen LogP contribution in [0.25, 0.3) is 0 Å². The summed E-state index contributed by atoms with van der Waals surface area (Å²) in [4.78, 5) is 15.1. The van der Waals surface area contributed by atoms with Crippen molar-refractivity contribution in [2.75, 3.05) is 13.1 Å². The molecule has 19 heavy (non-hydrogen) atoms. The van der Waals surface area contributed by atoms with Gasteiger partial charge < -0.3 is 4.90 Å². The second kappa shape index (κ2) is 7.42. The zero-order chi connectivity index (χ0) is 14.5. The topological polar surface area (TPSA) is 20.3 Å². The predicted molar refractivity (Wildman–Crippen MR) is 82.4 cm³/mol. The van der Waals surface area contributed by atoms with E-state index in [4.69, 9.17) is 0 Å². The molecule has 2 nitrogen and oxygen atoms in total. The van der Waals surface area contributed by atoms with Crippen molar-refractivity contribution in [2.24, 2.45) is 11.3 Å². The molecule has 0 heterocycles. The van der Waals surface area contributed by atoms with E-state index in [0.29, 0.717) is 17.7 Å². The van der Waals surface area contributed by atoms with Crippen LogP contribution in [-0.2, 0) is 4.79 Å². The summed E-state index contributed by atoms with van der Waals surface area (Å²) in [5.74, 6) is 0.778. The molecule has 1 saturated carbocycles. The van der Waals surface area contributed by atoms with Crippen molar-refractivity contribution in [3.63, 3.8) is 0 Å². The summed E-state index contributed by atoms with van der Waals surface area (Å²) in [6, 6.07) is 0.643. The number of hydrogen-bond acceptors (Lipinski definition) is 2. The Kier molecular flexibility index (Phi) is 6.52. The van der Waals surface area contributed by atoms with Gasteiger partial charge in [-0.3, -0.25) is 4.79 Å². The maximum absolute atomic E-state index is 12.5. The monoisotopic (exact) mass is 267 g/mol. The third-order valence-corrected chi connectivity index (χ3v) is 4.29. The highest BCUT2D eigenvalue weighted by atomic mass is 16.1. The van der Waals surface area contributed by atoms with Crippen molar-refractivity contribution < 1.29 is 4.79 Å². The molecule has 0 aromatic rings. The second-order valence-electron chi connectivity index (χ2n) is 7.17. The van der Waals surface area contributed by atoms with Gasteiger partial charge in [0.15, 0.2) is 0 Å². The van der Waals surface area contributed by atoms with Gasteiger partial charge in [0.05, 0.1) is 0 Å². The Hall–Kier alpha value is -0.370. The van der Waals surface area contributed by atoms with Crippen LogP contribution < -0.4 is 0 Å². The van der Waals surface area contributed by atoms with Gasteiger partial charge in [-0.25, -0.2) is 0 Å². The summed E-state index contributed by atoms with van der Waals surface area (Å²) in [5, 5.41) is 0. The minimum atomic E-state index is -0.174. The number of hydrogen-bond donors (Lipinski definition) is 0. The van der Waals surface area contributed by atoms with Gasteiger partial charge in [0.2, 0.25) is 0 Å². The van der Waals surface area contributed by atoms with Gasteiger partial charge in [-0.15, -0.1) is 0 Å². The molecule has 1 fully saturated rings. The van der Waals surface area contributed by atoms with Crippen LogP contribution >= 0.6 is 0 Å². The average Bonchev–Trinajstić information content (AvgIpc) is 2.37. The Morgan fingerprint density at radius 1 is 1.11 bits per heavy atom. The number of ketones is 1. The van der Waals surface area contributed by atoms with E-state index >= 15 is 0 Å². The molecule has 0 aliphatic heterocycles. The lowest BCUT2D eigenvalue weighted by atomic mass is 9.74. The first-order valence-corrected chi connectivity index (χ1v) is 8.18. The number of carbonyl (C=O) groups is 1. The third kappa shape index (κ3) is 4.91. The van der Waals surface area contributed by atoms with E-state index in [0.717, 1.165) is 12.8 Å². The fourth-order valence-electron chi connectivity index (χ4n) is 3.40. The van der Waals surface area contributed by atoms with E-state index in [2.05, 4.69) is 39.5 Å². The smallest absolute Gasteiger partial charge is 0.141 e. The summed E-state index contributed by atoms with van der Waals surface area (Å²) < 4.78 is 0. The molecule has 2 heteroatoms. The van der Waals surface area contributed by atoms with Gasteiger partial charge in [0.1, 0.15) is 5.78 Å². The van der Waals surface area contributed by atoms with Crippen molar-refractivity contribution >= 4 is 5.78 Å². The van der Waals surface area contributed by atoms with Gasteiger partial charge in [-0.05, 0) is 45.2 Å². The van der Waals surface area contributed by atoms with Gasteiger partial charge in [-0.2, -0.15) is 0 Å². The quantitative estimate of drug-likeness (QED) is 0.716. The standard InChI is InChI=1S/C17H33NO/c1-6-11-18(12-7-2)15-10-8-9-14(13-15)16(19)17(3,4)5/h14-15H,6-13H2,1-5H3. The van der Waals surface area contributed by atoms with Gasteiger partial charge in [0.25, 0.3) is 0 Å². The van der Waals surface area contributed by atoms with Crippen LogP contribution in [0.15, 0.2) is 0 Å². The zero-order valence-corrected chi connectivity index (χ0v) is 13.7. The lowest BCUT2D eigenvalue weighted by Gasteiger charge is -2.38. The van der Waals surface area contributed by atoms with Crippen LogP contribution in [0.1, 0.15) is 73.1 Å². The van der Waals surface area contributed by atoms with E-state index in [-0.39, 0.29) is 5.41 Å². The molecule has 0 amide bonds.